The van der Waals surface area contributed by atoms with Crippen LogP contribution < -0.4 is 5.32 Å². The van der Waals surface area contributed by atoms with Crippen LogP contribution in [0.5, 0.6) is 0 Å². The van der Waals surface area contributed by atoms with E-state index in [0.717, 1.165) is 76.7 Å². The Hall–Kier alpha value is -2.78. The summed E-state index contributed by atoms with van der Waals surface area (Å²) < 4.78 is 38.9. The van der Waals surface area contributed by atoms with E-state index in [9.17, 15) is 22.8 Å². The largest absolute Gasteiger partial charge is 0.416 e. The third-order valence-electron chi connectivity index (χ3n) is 8.49. The van der Waals surface area contributed by atoms with Crippen molar-refractivity contribution >= 4 is 29.7 Å². The van der Waals surface area contributed by atoms with Crippen LogP contribution in [0.4, 0.5) is 13.2 Å². The SMILES string of the molecule is O=C(CN1C(=O)/C(=C/c2ccc(C(F)(F)F)cc2)SC2CCCCC21)NCCN1CCC(Cc2ccccc2)CC1. The fraction of sp³-hybridized carbons (Fsp3) is 0.500. The number of thioether (sulfide) groups is 1. The van der Waals surface area contributed by atoms with E-state index in [0.29, 0.717) is 22.9 Å². The number of rotatable bonds is 8. The first-order valence-electron chi connectivity index (χ1n) is 14.7. The van der Waals surface area contributed by atoms with Crippen molar-refractivity contribution in [2.75, 3.05) is 32.7 Å². The highest BCUT2D eigenvalue weighted by molar-refractivity contribution is 8.04. The van der Waals surface area contributed by atoms with Crippen molar-refractivity contribution in [2.24, 2.45) is 5.92 Å². The number of carbonyl (C=O) groups is 2. The molecule has 5 nitrogen and oxygen atoms in total. The van der Waals surface area contributed by atoms with Gasteiger partial charge in [0, 0.05) is 24.4 Å². The number of benzene rings is 2. The molecule has 2 atom stereocenters. The topological polar surface area (TPSA) is 52.7 Å². The van der Waals surface area contributed by atoms with Crippen LogP contribution in [0.3, 0.4) is 0 Å². The number of nitrogens with one attached hydrogen (secondary N) is 1. The predicted molar refractivity (Wildman–Crippen MR) is 157 cm³/mol. The third-order valence-corrected chi connectivity index (χ3v) is 9.89. The van der Waals surface area contributed by atoms with Crippen LogP contribution in [0.2, 0.25) is 0 Å². The van der Waals surface area contributed by atoms with Gasteiger partial charge in [0.1, 0.15) is 6.54 Å². The Balaban J connectivity index is 1.13. The lowest BCUT2D eigenvalue weighted by atomic mass is 9.90. The van der Waals surface area contributed by atoms with Crippen molar-refractivity contribution in [3.63, 3.8) is 0 Å². The van der Waals surface area contributed by atoms with Gasteiger partial charge in [-0.05, 0) is 80.4 Å². The summed E-state index contributed by atoms with van der Waals surface area (Å²) in [5.74, 6) is 0.315. The molecule has 0 aromatic heterocycles. The van der Waals surface area contributed by atoms with Crippen LogP contribution in [0.1, 0.15) is 55.2 Å². The Morgan fingerprint density at radius 1 is 0.976 bits per heavy atom. The molecular formula is C32H38F3N3O2S. The van der Waals surface area contributed by atoms with Crippen molar-refractivity contribution in [1.82, 2.24) is 15.1 Å². The van der Waals surface area contributed by atoms with Crippen LogP contribution >= 0.6 is 11.8 Å². The van der Waals surface area contributed by atoms with Gasteiger partial charge in [-0.3, -0.25) is 9.59 Å². The summed E-state index contributed by atoms with van der Waals surface area (Å²) >= 11 is 1.51. The first-order valence-corrected chi connectivity index (χ1v) is 15.5. The molecule has 3 fully saturated rings. The highest BCUT2D eigenvalue weighted by atomic mass is 32.2. The lowest BCUT2D eigenvalue weighted by Crippen LogP contribution is -2.54. The number of piperidine rings is 1. The van der Waals surface area contributed by atoms with E-state index < -0.39 is 11.7 Å². The number of hydrogen-bond acceptors (Lipinski definition) is 4. The number of likely N-dealkylation sites (tertiary alicyclic amines) is 1. The van der Waals surface area contributed by atoms with Crippen molar-refractivity contribution in [3.05, 3.63) is 76.2 Å². The van der Waals surface area contributed by atoms with E-state index >= 15 is 0 Å². The summed E-state index contributed by atoms with van der Waals surface area (Å²) in [5.41, 5.74) is 1.21. The molecular weight excluding hydrogens is 547 g/mol. The standard InChI is InChI=1S/C32H38F3N3O2S/c33-32(34,35)26-12-10-24(11-13-26)21-29-31(40)38(27-8-4-5-9-28(27)41-29)22-30(39)36-16-19-37-17-14-25(15-18-37)20-23-6-2-1-3-7-23/h1-3,6-7,10-13,21,25,27-28H,4-5,8-9,14-20,22H2,(H,36,39)/b29-21-. The van der Waals surface area contributed by atoms with Gasteiger partial charge < -0.3 is 15.1 Å². The number of nitrogens with zero attached hydrogens (tertiary/aromatic N) is 2. The van der Waals surface area contributed by atoms with E-state index in [4.69, 9.17) is 0 Å². The Labute approximate surface area is 244 Å². The predicted octanol–water partition coefficient (Wildman–Crippen LogP) is 6.00. The van der Waals surface area contributed by atoms with Crippen molar-refractivity contribution in [3.8, 4) is 0 Å². The second-order valence-electron chi connectivity index (χ2n) is 11.4. The van der Waals surface area contributed by atoms with Crippen LogP contribution in [0, 0.1) is 5.92 Å². The number of hydrogen-bond donors (Lipinski definition) is 1. The fourth-order valence-corrected chi connectivity index (χ4v) is 7.68. The van der Waals surface area contributed by atoms with Gasteiger partial charge in [0.2, 0.25) is 5.91 Å². The molecule has 1 N–H and O–H groups in total. The van der Waals surface area contributed by atoms with Gasteiger partial charge in [0.25, 0.3) is 5.91 Å². The van der Waals surface area contributed by atoms with Crippen molar-refractivity contribution in [1.29, 1.82) is 0 Å². The van der Waals surface area contributed by atoms with E-state index in [1.54, 1.807) is 11.0 Å². The molecule has 41 heavy (non-hydrogen) atoms. The van der Waals surface area contributed by atoms with Gasteiger partial charge in [-0.2, -0.15) is 13.2 Å². The summed E-state index contributed by atoms with van der Waals surface area (Å²) in [6, 6.07) is 15.5. The minimum Gasteiger partial charge on any atom is -0.353 e. The summed E-state index contributed by atoms with van der Waals surface area (Å²) in [4.78, 5) is 31.0. The highest BCUT2D eigenvalue weighted by Crippen LogP contribution is 2.42. The third kappa shape index (κ3) is 7.95. The highest BCUT2D eigenvalue weighted by Gasteiger charge is 2.41. The molecule has 0 bridgehead atoms. The zero-order valence-corrected chi connectivity index (χ0v) is 24.1. The normalized spacial score (nSPS) is 23.4. The minimum atomic E-state index is -4.40. The summed E-state index contributed by atoms with van der Waals surface area (Å²) in [6.07, 6.45) is 4.57. The molecule has 2 aromatic carbocycles. The molecule has 1 saturated carbocycles. The number of alkyl halides is 3. The zero-order chi connectivity index (χ0) is 28.8. The van der Waals surface area contributed by atoms with E-state index in [-0.39, 0.29) is 29.7 Å². The van der Waals surface area contributed by atoms with E-state index in [1.807, 2.05) is 6.07 Å². The first-order chi connectivity index (χ1) is 19.8. The summed E-state index contributed by atoms with van der Waals surface area (Å²) in [5, 5.41) is 3.21. The van der Waals surface area contributed by atoms with Crippen LogP contribution in [-0.4, -0.2) is 65.6 Å². The zero-order valence-electron chi connectivity index (χ0n) is 23.2. The smallest absolute Gasteiger partial charge is 0.353 e. The summed E-state index contributed by atoms with van der Waals surface area (Å²) in [7, 11) is 0. The van der Waals surface area contributed by atoms with Gasteiger partial charge in [-0.25, -0.2) is 0 Å². The van der Waals surface area contributed by atoms with Crippen LogP contribution in [0.25, 0.3) is 6.08 Å². The van der Waals surface area contributed by atoms with E-state index in [1.165, 1.54) is 29.5 Å². The van der Waals surface area contributed by atoms with Crippen LogP contribution in [0.15, 0.2) is 59.5 Å². The molecule has 2 saturated heterocycles. The maximum absolute atomic E-state index is 13.5. The molecule has 1 aliphatic carbocycles. The monoisotopic (exact) mass is 585 g/mol. The van der Waals surface area contributed by atoms with Gasteiger partial charge in [-0.1, -0.05) is 55.3 Å². The molecule has 2 heterocycles. The second-order valence-corrected chi connectivity index (χ2v) is 12.7. The Bertz CT molecular complexity index is 1210. The molecule has 2 aliphatic heterocycles. The fourth-order valence-electron chi connectivity index (χ4n) is 6.21. The van der Waals surface area contributed by atoms with Gasteiger partial charge >= 0.3 is 6.18 Å². The number of fused-ring (bicyclic) bond motifs is 1. The summed E-state index contributed by atoms with van der Waals surface area (Å²) in [6.45, 7) is 3.39. The molecule has 220 valence electrons. The first kappa shape index (κ1) is 29.7. The lowest BCUT2D eigenvalue weighted by Gasteiger charge is -2.43. The maximum Gasteiger partial charge on any atom is 0.416 e. The van der Waals surface area contributed by atoms with Crippen molar-refractivity contribution < 1.29 is 22.8 Å². The molecule has 0 spiro atoms. The Morgan fingerprint density at radius 3 is 2.39 bits per heavy atom. The Morgan fingerprint density at radius 2 is 1.68 bits per heavy atom. The van der Waals surface area contributed by atoms with Gasteiger partial charge in [-0.15, -0.1) is 11.8 Å². The molecule has 2 aromatic rings. The quantitative estimate of drug-likeness (QED) is 0.386. The maximum atomic E-state index is 13.5. The molecule has 9 heteroatoms. The average molecular weight is 586 g/mol. The number of carbonyl (C=O) groups excluding carboxylic acids is 2. The van der Waals surface area contributed by atoms with Gasteiger partial charge in [0.05, 0.1) is 10.5 Å². The molecule has 2 amide bonds. The second kappa shape index (κ2) is 13.5. The molecule has 3 aliphatic rings. The average Bonchev–Trinajstić information content (AvgIpc) is 2.96. The minimum absolute atomic E-state index is 0.000368. The van der Waals surface area contributed by atoms with E-state index in [2.05, 4.69) is 34.5 Å². The number of halogens is 3. The lowest BCUT2D eigenvalue weighted by molar-refractivity contribution is -0.137. The van der Waals surface area contributed by atoms with Crippen LogP contribution in [-0.2, 0) is 22.2 Å². The molecule has 2 unspecified atom stereocenters. The van der Waals surface area contributed by atoms with Crippen molar-refractivity contribution in [2.45, 2.75) is 62.4 Å². The number of amides is 2. The molecule has 0 radical (unpaired) electrons. The van der Waals surface area contributed by atoms with Gasteiger partial charge in [0.15, 0.2) is 0 Å². The molecule has 5 rings (SSSR count). The Kier molecular flexibility index (Phi) is 9.75.